The number of nitrogens with zero attached hydrogens (tertiary/aromatic N) is 2. The average molecular weight is 410 g/mol. The highest BCUT2D eigenvalue weighted by molar-refractivity contribution is 5.87. The molecule has 0 radical (unpaired) electrons. The lowest BCUT2D eigenvalue weighted by molar-refractivity contribution is 0.328. The molecule has 2 aliphatic heterocycles. The van der Waals surface area contributed by atoms with Gasteiger partial charge < -0.3 is 4.90 Å². The van der Waals surface area contributed by atoms with Crippen LogP contribution in [-0.2, 0) is 0 Å². The van der Waals surface area contributed by atoms with E-state index in [0.717, 1.165) is 30.7 Å². The van der Waals surface area contributed by atoms with E-state index in [1.54, 1.807) is 0 Å². The summed E-state index contributed by atoms with van der Waals surface area (Å²) in [5.41, 5.74) is 7.96. The standard InChI is InChI=1S/C29H33N2/c1-4-30-22-20-24(26-16-10-12-18-28(26)30)14-8-7-9-15-25-21-23-31(5-2,6-3)29-19-13-11-17-27(25)29/h7-22H,4-6,23H2,1-3H3/q+1. The van der Waals surface area contributed by atoms with Crippen molar-refractivity contribution in [2.45, 2.75) is 20.8 Å². The Kier molecular flexibility index (Phi) is 6.39. The number of para-hydroxylation sites is 2. The zero-order valence-corrected chi connectivity index (χ0v) is 19.0. The van der Waals surface area contributed by atoms with Crippen LogP contribution in [0.15, 0.2) is 97.3 Å². The maximum atomic E-state index is 2.40. The van der Waals surface area contributed by atoms with Gasteiger partial charge in [-0.1, -0.05) is 60.7 Å². The molecule has 4 rings (SSSR count). The van der Waals surface area contributed by atoms with E-state index in [-0.39, 0.29) is 0 Å². The molecule has 2 aliphatic rings. The van der Waals surface area contributed by atoms with E-state index in [1.165, 1.54) is 33.6 Å². The summed E-state index contributed by atoms with van der Waals surface area (Å²) in [5.74, 6) is 0. The maximum Gasteiger partial charge on any atom is 0.140 e. The summed E-state index contributed by atoms with van der Waals surface area (Å²) in [6.45, 7) is 11.1. The molecule has 2 aromatic carbocycles. The highest BCUT2D eigenvalue weighted by atomic mass is 15.4. The number of allylic oxidation sites excluding steroid dienone is 8. The average Bonchev–Trinajstić information content (AvgIpc) is 2.84. The number of quaternary nitrogens is 1. The predicted molar refractivity (Wildman–Crippen MR) is 137 cm³/mol. The Morgan fingerprint density at radius 2 is 1.61 bits per heavy atom. The number of hydrogen-bond donors (Lipinski definition) is 0. The normalized spacial score (nSPS) is 18.5. The van der Waals surface area contributed by atoms with Crippen molar-refractivity contribution in [2.75, 3.05) is 31.1 Å². The third-order valence-corrected chi connectivity index (χ3v) is 6.67. The van der Waals surface area contributed by atoms with E-state index in [1.807, 2.05) is 0 Å². The van der Waals surface area contributed by atoms with E-state index in [0.29, 0.717) is 0 Å². The fraction of sp³-hybridized carbons (Fsp3) is 0.241. The molecule has 0 spiro atoms. The first-order valence-electron chi connectivity index (χ1n) is 11.5. The number of rotatable bonds is 6. The molecule has 2 heterocycles. The first-order valence-corrected chi connectivity index (χ1v) is 11.5. The topological polar surface area (TPSA) is 3.24 Å². The van der Waals surface area contributed by atoms with E-state index < -0.39 is 0 Å². The van der Waals surface area contributed by atoms with Gasteiger partial charge in [0.05, 0.1) is 13.1 Å². The monoisotopic (exact) mass is 409 g/mol. The van der Waals surface area contributed by atoms with Crippen LogP contribution in [0.5, 0.6) is 0 Å². The van der Waals surface area contributed by atoms with E-state index in [9.17, 15) is 0 Å². The van der Waals surface area contributed by atoms with E-state index in [4.69, 9.17) is 0 Å². The SMILES string of the molecule is CCN1C=CC(=CC=CC=CC2=CC[N+](CC)(CC)c3ccccc32)c2ccccc21. The number of hydrogen-bond acceptors (Lipinski definition) is 1. The Labute approximate surface area is 187 Å². The lowest BCUT2D eigenvalue weighted by Gasteiger charge is -2.39. The Morgan fingerprint density at radius 3 is 2.39 bits per heavy atom. The fourth-order valence-corrected chi connectivity index (χ4v) is 4.71. The third-order valence-electron chi connectivity index (χ3n) is 6.67. The number of likely N-dealkylation sites (N-methyl/N-ethyl adjacent to an activating group) is 1. The lowest BCUT2D eigenvalue weighted by atomic mass is 9.96. The molecule has 0 aliphatic carbocycles. The van der Waals surface area contributed by atoms with Gasteiger partial charge in [-0.2, -0.15) is 0 Å². The molecule has 0 atom stereocenters. The molecule has 2 aromatic rings. The number of benzene rings is 2. The van der Waals surface area contributed by atoms with Crippen molar-refractivity contribution in [3.63, 3.8) is 0 Å². The van der Waals surface area contributed by atoms with Gasteiger partial charge in [-0.3, -0.25) is 4.48 Å². The van der Waals surface area contributed by atoms with E-state index >= 15 is 0 Å². The molecule has 158 valence electrons. The molecular weight excluding hydrogens is 376 g/mol. The zero-order chi connectivity index (χ0) is 21.7. The van der Waals surface area contributed by atoms with Crippen molar-refractivity contribution in [1.82, 2.24) is 4.48 Å². The predicted octanol–water partition coefficient (Wildman–Crippen LogP) is 6.98. The molecule has 0 unspecified atom stereocenters. The summed E-state index contributed by atoms with van der Waals surface area (Å²) < 4.78 is 1.04. The van der Waals surface area contributed by atoms with Gasteiger partial charge in [0.2, 0.25) is 0 Å². The summed E-state index contributed by atoms with van der Waals surface area (Å²) >= 11 is 0. The number of fused-ring (bicyclic) bond motifs is 2. The van der Waals surface area contributed by atoms with Crippen LogP contribution in [0.2, 0.25) is 0 Å². The Balaban J connectivity index is 1.53. The summed E-state index contributed by atoms with van der Waals surface area (Å²) in [6, 6.07) is 17.5. The zero-order valence-electron chi connectivity index (χ0n) is 19.0. The van der Waals surface area contributed by atoms with Crippen LogP contribution in [0.25, 0.3) is 11.1 Å². The second kappa shape index (κ2) is 9.36. The van der Waals surface area contributed by atoms with Crippen LogP contribution >= 0.6 is 0 Å². The summed E-state index contributed by atoms with van der Waals surface area (Å²) in [4.78, 5) is 2.29. The van der Waals surface area contributed by atoms with Crippen LogP contribution < -0.4 is 9.38 Å². The summed E-state index contributed by atoms with van der Waals surface area (Å²) in [7, 11) is 0. The van der Waals surface area contributed by atoms with Gasteiger partial charge in [0.1, 0.15) is 12.2 Å². The van der Waals surface area contributed by atoms with Crippen LogP contribution in [0, 0.1) is 0 Å². The van der Waals surface area contributed by atoms with Gasteiger partial charge in [-0.15, -0.1) is 0 Å². The highest BCUT2D eigenvalue weighted by Crippen LogP contribution is 2.37. The maximum absolute atomic E-state index is 2.40. The summed E-state index contributed by atoms with van der Waals surface area (Å²) in [6.07, 6.45) is 17.7. The van der Waals surface area contributed by atoms with Gasteiger partial charge >= 0.3 is 0 Å². The van der Waals surface area contributed by atoms with Crippen LogP contribution in [0.4, 0.5) is 11.4 Å². The fourth-order valence-electron chi connectivity index (χ4n) is 4.71. The molecule has 0 saturated heterocycles. The minimum atomic E-state index is 0.978. The molecule has 0 N–H and O–H groups in total. The first kappa shape index (κ1) is 21.1. The first-order chi connectivity index (χ1) is 15.2. The Hall–Kier alpha value is -3.10. The number of anilines is 1. The lowest BCUT2D eigenvalue weighted by Crippen LogP contribution is -2.50. The molecular formula is C29H33N2+. The molecule has 0 bridgehead atoms. The second-order valence-corrected chi connectivity index (χ2v) is 8.12. The van der Waals surface area contributed by atoms with Crippen LogP contribution in [0.3, 0.4) is 0 Å². The Bertz CT molecular complexity index is 1080. The highest BCUT2D eigenvalue weighted by Gasteiger charge is 2.32. The van der Waals surface area contributed by atoms with Crippen molar-refractivity contribution in [1.29, 1.82) is 0 Å². The van der Waals surface area contributed by atoms with Crippen molar-refractivity contribution in [2.24, 2.45) is 0 Å². The molecule has 0 aromatic heterocycles. The van der Waals surface area contributed by atoms with Gasteiger partial charge in [0, 0.05) is 29.6 Å². The summed E-state index contributed by atoms with van der Waals surface area (Å²) in [5, 5.41) is 0. The van der Waals surface area contributed by atoms with Gasteiger partial charge in [0.15, 0.2) is 0 Å². The van der Waals surface area contributed by atoms with Crippen molar-refractivity contribution >= 4 is 22.5 Å². The second-order valence-electron chi connectivity index (χ2n) is 8.12. The van der Waals surface area contributed by atoms with Crippen LogP contribution in [0.1, 0.15) is 31.9 Å². The quantitative estimate of drug-likeness (QED) is 0.367. The van der Waals surface area contributed by atoms with Gasteiger partial charge in [-0.25, -0.2) is 0 Å². The van der Waals surface area contributed by atoms with E-state index in [2.05, 4.69) is 123 Å². The molecule has 0 fully saturated rings. The molecule has 2 heteroatoms. The molecule has 31 heavy (non-hydrogen) atoms. The van der Waals surface area contributed by atoms with Gasteiger partial charge in [0.25, 0.3) is 0 Å². The Morgan fingerprint density at radius 1 is 0.871 bits per heavy atom. The molecule has 2 nitrogen and oxygen atoms in total. The minimum Gasteiger partial charge on any atom is -0.348 e. The molecule has 0 amide bonds. The van der Waals surface area contributed by atoms with Crippen LogP contribution in [-0.4, -0.2) is 26.2 Å². The van der Waals surface area contributed by atoms with Crippen molar-refractivity contribution in [3.05, 3.63) is 108 Å². The van der Waals surface area contributed by atoms with Gasteiger partial charge in [-0.05, 0) is 62.3 Å². The third kappa shape index (κ3) is 4.08. The van der Waals surface area contributed by atoms with Crippen molar-refractivity contribution in [3.8, 4) is 0 Å². The smallest absolute Gasteiger partial charge is 0.140 e. The molecule has 0 saturated carbocycles. The van der Waals surface area contributed by atoms with Crippen molar-refractivity contribution < 1.29 is 0 Å². The minimum absolute atomic E-state index is 0.978. The largest absolute Gasteiger partial charge is 0.348 e.